The summed E-state index contributed by atoms with van der Waals surface area (Å²) in [7, 11) is 1.86. The fourth-order valence-corrected chi connectivity index (χ4v) is 3.25. The largest absolute Gasteiger partial charge is 0.461 e. The number of anilines is 1. The summed E-state index contributed by atoms with van der Waals surface area (Å²) in [6.45, 7) is 5.87. The van der Waals surface area contributed by atoms with E-state index in [-0.39, 0.29) is 11.2 Å². The summed E-state index contributed by atoms with van der Waals surface area (Å²) in [4.78, 5) is 12.5. The van der Waals surface area contributed by atoms with Crippen LogP contribution < -0.4 is 5.32 Å². The van der Waals surface area contributed by atoms with E-state index in [0.29, 0.717) is 16.7 Å². The van der Waals surface area contributed by atoms with Gasteiger partial charge in [-0.3, -0.25) is 4.79 Å². The highest BCUT2D eigenvalue weighted by Crippen LogP contribution is 2.27. The van der Waals surface area contributed by atoms with Crippen LogP contribution in [0.15, 0.2) is 46.2 Å². The lowest BCUT2D eigenvalue weighted by molar-refractivity contribution is -0.115. The number of carbonyl (C=O) groups excluding carboxylic acids is 1. The Balaban J connectivity index is 1.69. The van der Waals surface area contributed by atoms with E-state index in [0.717, 1.165) is 11.3 Å². The standard InChI is InChI=1S/C18H20N4O2S/c1-11-7-8-14(12(2)10-11)19-17(23)13(3)25-18-21-20-16(22(18)4)15-6-5-9-24-15/h5-10,13H,1-4H3,(H,19,23). The predicted octanol–water partition coefficient (Wildman–Crippen LogP) is 3.81. The average molecular weight is 356 g/mol. The van der Waals surface area contributed by atoms with Crippen LogP contribution in [-0.2, 0) is 11.8 Å². The zero-order valence-corrected chi connectivity index (χ0v) is 15.4. The molecule has 0 aliphatic carbocycles. The molecule has 2 heterocycles. The number of carbonyl (C=O) groups is 1. The Kier molecular flexibility index (Phi) is 4.94. The molecule has 3 rings (SSSR count). The number of nitrogens with zero attached hydrogens (tertiary/aromatic N) is 3. The minimum atomic E-state index is -0.312. The van der Waals surface area contributed by atoms with Crippen molar-refractivity contribution in [1.29, 1.82) is 0 Å². The molecular weight excluding hydrogens is 336 g/mol. The van der Waals surface area contributed by atoms with Gasteiger partial charge in [0.25, 0.3) is 0 Å². The second kappa shape index (κ2) is 7.14. The van der Waals surface area contributed by atoms with Crippen molar-refractivity contribution >= 4 is 23.4 Å². The van der Waals surface area contributed by atoms with E-state index in [1.54, 1.807) is 12.3 Å². The van der Waals surface area contributed by atoms with Gasteiger partial charge in [-0.15, -0.1) is 10.2 Å². The van der Waals surface area contributed by atoms with Crippen molar-refractivity contribution in [1.82, 2.24) is 14.8 Å². The van der Waals surface area contributed by atoms with Gasteiger partial charge in [0.2, 0.25) is 5.91 Å². The topological polar surface area (TPSA) is 73.0 Å². The molecule has 0 bridgehead atoms. The molecule has 1 amide bonds. The van der Waals surface area contributed by atoms with Crippen LogP contribution in [0.25, 0.3) is 11.6 Å². The molecule has 1 atom stereocenters. The quantitative estimate of drug-likeness (QED) is 0.704. The van der Waals surface area contributed by atoms with Crippen LogP contribution in [0.5, 0.6) is 0 Å². The van der Waals surface area contributed by atoms with Gasteiger partial charge in [0, 0.05) is 12.7 Å². The number of rotatable bonds is 5. The van der Waals surface area contributed by atoms with Crippen LogP contribution in [-0.4, -0.2) is 25.9 Å². The average Bonchev–Trinajstić information content (AvgIpc) is 3.20. The first-order chi connectivity index (χ1) is 12.0. The first kappa shape index (κ1) is 17.3. The van der Waals surface area contributed by atoms with Crippen LogP contribution >= 0.6 is 11.8 Å². The minimum absolute atomic E-state index is 0.0699. The fraction of sp³-hybridized carbons (Fsp3) is 0.278. The van der Waals surface area contributed by atoms with Gasteiger partial charge in [-0.05, 0) is 44.5 Å². The molecule has 130 valence electrons. The van der Waals surface area contributed by atoms with E-state index in [1.165, 1.54) is 17.3 Å². The summed E-state index contributed by atoms with van der Waals surface area (Å²) < 4.78 is 7.18. The molecule has 0 saturated carbocycles. The van der Waals surface area contributed by atoms with Crippen LogP contribution in [0, 0.1) is 13.8 Å². The summed E-state index contributed by atoms with van der Waals surface area (Å²) >= 11 is 1.36. The smallest absolute Gasteiger partial charge is 0.237 e. The number of furan rings is 1. The Hall–Kier alpha value is -2.54. The Morgan fingerprint density at radius 1 is 1.28 bits per heavy atom. The molecule has 25 heavy (non-hydrogen) atoms. The van der Waals surface area contributed by atoms with E-state index < -0.39 is 0 Å². The van der Waals surface area contributed by atoms with E-state index in [2.05, 4.69) is 15.5 Å². The molecule has 0 spiro atoms. The lowest BCUT2D eigenvalue weighted by Crippen LogP contribution is -2.23. The molecule has 1 N–H and O–H groups in total. The van der Waals surface area contributed by atoms with E-state index in [9.17, 15) is 4.79 Å². The number of hydrogen-bond donors (Lipinski definition) is 1. The predicted molar refractivity (Wildman–Crippen MR) is 98.6 cm³/mol. The van der Waals surface area contributed by atoms with Gasteiger partial charge >= 0.3 is 0 Å². The third-order valence-corrected chi connectivity index (χ3v) is 5.00. The first-order valence-electron chi connectivity index (χ1n) is 7.93. The Labute approximate surface area is 150 Å². The van der Waals surface area contributed by atoms with Gasteiger partial charge < -0.3 is 14.3 Å². The van der Waals surface area contributed by atoms with Crippen molar-refractivity contribution in [2.45, 2.75) is 31.2 Å². The maximum atomic E-state index is 12.5. The summed E-state index contributed by atoms with van der Waals surface area (Å²) in [5.41, 5.74) is 3.05. The first-order valence-corrected chi connectivity index (χ1v) is 8.81. The number of thioether (sulfide) groups is 1. The van der Waals surface area contributed by atoms with Crippen molar-refractivity contribution < 1.29 is 9.21 Å². The van der Waals surface area contributed by atoms with Gasteiger partial charge in [-0.25, -0.2) is 0 Å². The summed E-state index contributed by atoms with van der Waals surface area (Å²) in [6.07, 6.45) is 1.59. The molecule has 0 fully saturated rings. The maximum Gasteiger partial charge on any atom is 0.237 e. The van der Waals surface area contributed by atoms with Crippen LogP contribution in [0.3, 0.4) is 0 Å². The van der Waals surface area contributed by atoms with Gasteiger partial charge in [-0.1, -0.05) is 29.5 Å². The highest BCUT2D eigenvalue weighted by molar-refractivity contribution is 8.00. The summed E-state index contributed by atoms with van der Waals surface area (Å²) in [5.74, 6) is 1.21. The van der Waals surface area contributed by atoms with E-state index in [4.69, 9.17) is 4.42 Å². The van der Waals surface area contributed by atoms with Crippen LogP contribution in [0.4, 0.5) is 5.69 Å². The molecule has 0 saturated heterocycles. The SMILES string of the molecule is Cc1ccc(NC(=O)C(C)Sc2nnc(-c3ccco3)n2C)c(C)c1. The van der Waals surface area contributed by atoms with Crippen molar-refractivity contribution in [3.63, 3.8) is 0 Å². The molecule has 0 aliphatic heterocycles. The molecule has 1 unspecified atom stereocenters. The zero-order valence-electron chi connectivity index (χ0n) is 14.6. The van der Waals surface area contributed by atoms with Crippen LogP contribution in [0.2, 0.25) is 0 Å². The number of nitrogens with one attached hydrogen (secondary N) is 1. The van der Waals surface area contributed by atoms with Crippen molar-refractivity contribution in [3.8, 4) is 11.6 Å². The third kappa shape index (κ3) is 3.76. The van der Waals surface area contributed by atoms with Crippen molar-refractivity contribution in [2.75, 3.05) is 5.32 Å². The number of aromatic nitrogens is 3. The maximum absolute atomic E-state index is 12.5. The summed E-state index contributed by atoms with van der Waals surface area (Å²) in [6, 6.07) is 9.59. The number of amides is 1. The highest BCUT2D eigenvalue weighted by Gasteiger charge is 2.20. The zero-order chi connectivity index (χ0) is 18.0. The molecule has 6 nitrogen and oxygen atoms in total. The monoisotopic (exact) mass is 356 g/mol. The highest BCUT2D eigenvalue weighted by atomic mass is 32.2. The number of benzene rings is 1. The molecule has 2 aromatic heterocycles. The van der Waals surface area contributed by atoms with Crippen LogP contribution in [0.1, 0.15) is 18.1 Å². The van der Waals surface area contributed by atoms with Crippen molar-refractivity contribution in [2.24, 2.45) is 7.05 Å². The fourth-order valence-electron chi connectivity index (χ4n) is 2.44. The van der Waals surface area contributed by atoms with E-state index in [1.807, 2.05) is 56.7 Å². The summed E-state index contributed by atoms with van der Waals surface area (Å²) in [5, 5.41) is 11.6. The molecule has 0 radical (unpaired) electrons. The molecule has 3 aromatic rings. The molecule has 1 aromatic carbocycles. The normalized spacial score (nSPS) is 12.2. The van der Waals surface area contributed by atoms with Gasteiger partial charge in [0.1, 0.15) is 0 Å². The molecular formula is C18H20N4O2S. The Morgan fingerprint density at radius 3 is 2.76 bits per heavy atom. The van der Waals surface area contributed by atoms with Gasteiger partial charge in [0.15, 0.2) is 16.7 Å². The number of aryl methyl sites for hydroxylation is 2. The lowest BCUT2D eigenvalue weighted by Gasteiger charge is -2.13. The second-order valence-electron chi connectivity index (χ2n) is 5.91. The third-order valence-electron chi connectivity index (χ3n) is 3.87. The van der Waals surface area contributed by atoms with Gasteiger partial charge in [0.05, 0.1) is 11.5 Å². The van der Waals surface area contributed by atoms with Gasteiger partial charge in [-0.2, -0.15) is 0 Å². The minimum Gasteiger partial charge on any atom is -0.461 e. The second-order valence-corrected chi connectivity index (χ2v) is 7.22. The van der Waals surface area contributed by atoms with Crippen molar-refractivity contribution in [3.05, 3.63) is 47.7 Å². The Morgan fingerprint density at radius 2 is 2.08 bits per heavy atom. The molecule has 7 heteroatoms. The number of hydrogen-bond acceptors (Lipinski definition) is 5. The van der Waals surface area contributed by atoms with E-state index >= 15 is 0 Å². The Bertz CT molecular complexity index is 887. The lowest BCUT2D eigenvalue weighted by atomic mass is 10.1. The molecule has 0 aliphatic rings.